The lowest BCUT2D eigenvalue weighted by molar-refractivity contribution is -0.385. The Morgan fingerprint density at radius 3 is 2.60 bits per heavy atom. The van der Waals surface area contributed by atoms with Crippen LogP contribution in [0, 0.1) is 13.7 Å². The highest BCUT2D eigenvalue weighted by atomic mass is 127. The minimum atomic E-state index is -0.343. The standard InChI is InChI=1S/C18H17IN2O4/c1-24-17-9-11-5-6-20-15(14(11)10-18(17)25-2)8-12-7-13(19)3-4-16(12)21(22)23/h3-4,7,9-10H,5-6,8H2,1-2H3. The second-order valence-corrected chi connectivity index (χ2v) is 6.90. The van der Waals surface area contributed by atoms with Crippen molar-refractivity contribution in [2.75, 3.05) is 20.8 Å². The molecule has 1 aliphatic rings. The number of rotatable bonds is 5. The molecule has 0 saturated carbocycles. The Balaban J connectivity index is 2.03. The summed E-state index contributed by atoms with van der Waals surface area (Å²) in [7, 11) is 3.20. The molecule has 1 aliphatic heterocycles. The molecule has 0 unspecified atom stereocenters. The molecule has 0 spiro atoms. The number of ether oxygens (including phenoxy) is 2. The lowest BCUT2D eigenvalue weighted by Crippen LogP contribution is -2.16. The average Bonchev–Trinajstić information content (AvgIpc) is 2.60. The minimum Gasteiger partial charge on any atom is -0.493 e. The smallest absolute Gasteiger partial charge is 0.273 e. The van der Waals surface area contributed by atoms with Crippen molar-refractivity contribution in [3.8, 4) is 11.5 Å². The number of hydrogen-bond acceptors (Lipinski definition) is 5. The molecule has 6 nitrogen and oxygen atoms in total. The Bertz CT molecular complexity index is 864. The van der Waals surface area contributed by atoms with Crippen molar-refractivity contribution in [1.82, 2.24) is 0 Å². The molecule has 2 aromatic carbocycles. The van der Waals surface area contributed by atoms with Gasteiger partial charge in [0.15, 0.2) is 11.5 Å². The molecule has 2 aromatic rings. The molecule has 7 heteroatoms. The maximum atomic E-state index is 11.3. The van der Waals surface area contributed by atoms with Crippen molar-refractivity contribution in [1.29, 1.82) is 0 Å². The zero-order valence-electron chi connectivity index (χ0n) is 13.9. The maximum absolute atomic E-state index is 11.3. The van der Waals surface area contributed by atoms with Gasteiger partial charge >= 0.3 is 0 Å². The van der Waals surface area contributed by atoms with Crippen molar-refractivity contribution in [3.63, 3.8) is 0 Å². The molecule has 130 valence electrons. The van der Waals surface area contributed by atoms with Gasteiger partial charge in [-0.2, -0.15) is 0 Å². The van der Waals surface area contributed by atoms with Crippen molar-refractivity contribution >= 4 is 34.0 Å². The number of fused-ring (bicyclic) bond motifs is 1. The molecule has 0 saturated heterocycles. The number of halogens is 1. The Morgan fingerprint density at radius 2 is 1.92 bits per heavy atom. The quantitative estimate of drug-likeness (QED) is 0.393. The summed E-state index contributed by atoms with van der Waals surface area (Å²) in [5.41, 5.74) is 3.72. The zero-order chi connectivity index (χ0) is 18.0. The van der Waals surface area contributed by atoms with Crippen LogP contribution in [0.1, 0.15) is 16.7 Å². The molecule has 0 bridgehead atoms. The number of methoxy groups -OCH3 is 2. The molecular formula is C18H17IN2O4. The molecular weight excluding hydrogens is 435 g/mol. The fourth-order valence-electron chi connectivity index (χ4n) is 3.00. The van der Waals surface area contributed by atoms with Crippen LogP contribution in [-0.2, 0) is 12.8 Å². The predicted molar refractivity (Wildman–Crippen MR) is 104 cm³/mol. The highest BCUT2D eigenvalue weighted by molar-refractivity contribution is 14.1. The fraction of sp³-hybridized carbons (Fsp3) is 0.278. The fourth-order valence-corrected chi connectivity index (χ4v) is 3.55. The van der Waals surface area contributed by atoms with Crippen LogP contribution in [-0.4, -0.2) is 31.4 Å². The van der Waals surface area contributed by atoms with Crippen molar-refractivity contribution in [2.24, 2.45) is 4.99 Å². The first-order chi connectivity index (χ1) is 12.0. The van der Waals surface area contributed by atoms with Gasteiger partial charge in [-0.3, -0.25) is 15.1 Å². The van der Waals surface area contributed by atoms with Gasteiger partial charge in [0.05, 0.1) is 19.1 Å². The van der Waals surface area contributed by atoms with Crippen molar-refractivity contribution in [2.45, 2.75) is 12.8 Å². The monoisotopic (exact) mass is 452 g/mol. The van der Waals surface area contributed by atoms with Gasteiger partial charge in [0.25, 0.3) is 5.69 Å². The third-order valence-corrected chi connectivity index (χ3v) is 4.87. The van der Waals surface area contributed by atoms with Gasteiger partial charge in [-0.25, -0.2) is 0 Å². The van der Waals surface area contributed by atoms with Crippen LogP contribution < -0.4 is 9.47 Å². The normalized spacial score (nSPS) is 13.0. The molecule has 0 fully saturated rings. The summed E-state index contributed by atoms with van der Waals surface area (Å²) >= 11 is 2.16. The van der Waals surface area contributed by atoms with Gasteiger partial charge in [0.1, 0.15) is 0 Å². The zero-order valence-corrected chi connectivity index (χ0v) is 16.1. The molecule has 0 radical (unpaired) electrons. The van der Waals surface area contributed by atoms with Gasteiger partial charge in [-0.15, -0.1) is 0 Å². The van der Waals surface area contributed by atoms with Gasteiger partial charge in [0.2, 0.25) is 0 Å². The highest BCUT2D eigenvalue weighted by Crippen LogP contribution is 2.33. The number of aliphatic imine (C=N–C) groups is 1. The first-order valence-electron chi connectivity index (χ1n) is 7.75. The molecule has 3 rings (SSSR count). The molecule has 1 heterocycles. The third-order valence-electron chi connectivity index (χ3n) is 4.20. The van der Waals surface area contributed by atoms with E-state index in [0.29, 0.717) is 30.0 Å². The Morgan fingerprint density at radius 1 is 1.20 bits per heavy atom. The van der Waals surface area contributed by atoms with Crippen LogP contribution >= 0.6 is 22.6 Å². The number of hydrogen-bond donors (Lipinski definition) is 0. The van der Waals surface area contributed by atoms with E-state index in [9.17, 15) is 10.1 Å². The van der Waals surface area contributed by atoms with Gasteiger partial charge < -0.3 is 9.47 Å². The molecule has 0 aromatic heterocycles. The van der Waals surface area contributed by atoms with Gasteiger partial charge in [-0.1, -0.05) is 0 Å². The maximum Gasteiger partial charge on any atom is 0.273 e. The summed E-state index contributed by atoms with van der Waals surface area (Å²) in [4.78, 5) is 15.6. The average molecular weight is 452 g/mol. The van der Waals surface area contributed by atoms with Crippen molar-refractivity contribution in [3.05, 3.63) is 60.7 Å². The Hall–Kier alpha value is -2.16. The van der Waals surface area contributed by atoms with Crippen molar-refractivity contribution < 1.29 is 14.4 Å². The third kappa shape index (κ3) is 3.60. The van der Waals surface area contributed by atoms with Crippen LogP contribution in [0.5, 0.6) is 11.5 Å². The van der Waals surface area contributed by atoms with E-state index in [1.165, 1.54) is 0 Å². The first-order valence-corrected chi connectivity index (χ1v) is 8.82. The molecule has 0 amide bonds. The van der Waals surface area contributed by atoms with Crippen LogP contribution in [0.25, 0.3) is 0 Å². The number of nitro groups is 1. The summed E-state index contributed by atoms with van der Waals surface area (Å²) in [6.45, 7) is 0.662. The predicted octanol–water partition coefficient (Wildman–Crippen LogP) is 3.80. The summed E-state index contributed by atoms with van der Waals surface area (Å²) in [5.74, 6) is 1.32. The Kier molecular flexibility index (Phi) is 5.22. The van der Waals surface area contributed by atoms with Crippen LogP contribution in [0.4, 0.5) is 5.69 Å². The summed E-state index contributed by atoms with van der Waals surface area (Å²) < 4.78 is 11.7. The van der Waals surface area contributed by atoms with Crippen LogP contribution in [0.2, 0.25) is 0 Å². The Labute approximate surface area is 159 Å². The van der Waals surface area contributed by atoms with E-state index in [1.807, 2.05) is 18.2 Å². The van der Waals surface area contributed by atoms with E-state index in [0.717, 1.165) is 26.8 Å². The van der Waals surface area contributed by atoms with E-state index in [-0.39, 0.29) is 10.6 Å². The molecule has 0 atom stereocenters. The second kappa shape index (κ2) is 7.38. The largest absolute Gasteiger partial charge is 0.493 e. The number of benzene rings is 2. The number of nitrogens with zero attached hydrogens (tertiary/aromatic N) is 2. The van der Waals surface area contributed by atoms with E-state index in [2.05, 4.69) is 27.6 Å². The lowest BCUT2D eigenvalue weighted by atomic mass is 9.92. The van der Waals surface area contributed by atoms with E-state index < -0.39 is 0 Å². The SMILES string of the molecule is COc1cc2c(cc1OC)C(Cc1cc(I)ccc1[N+](=O)[O-])=NCC2. The second-order valence-electron chi connectivity index (χ2n) is 5.65. The summed E-state index contributed by atoms with van der Waals surface area (Å²) in [5, 5.41) is 11.3. The van der Waals surface area contributed by atoms with Gasteiger partial charge in [0, 0.05) is 39.4 Å². The molecule has 0 aliphatic carbocycles. The van der Waals surface area contributed by atoms with Gasteiger partial charge in [-0.05, 0) is 58.8 Å². The van der Waals surface area contributed by atoms with E-state index >= 15 is 0 Å². The minimum absolute atomic E-state index is 0.121. The topological polar surface area (TPSA) is 74.0 Å². The highest BCUT2D eigenvalue weighted by Gasteiger charge is 2.22. The first kappa shape index (κ1) is 17.7. The molecule has 0 N–H and O–H groups in total. The van der Waals surface area contributed by atoms with Crippen LogP contribution in [0.3, 0.4) is 0 Å². The lowest BCUT2D eigenvalue weighted by Gasteiger charge is -2.20. The number of nitro benzene ring substituents is 1. The summed E-state index contributed by atoms with van der Waals surface area (Å²) in [6, 6.07) is 9.01. The molecule has 25 heavy (non-hydrogen) atoms. The van der Waals surface area contributed by atoms with Crippen LogP contribution in [0.15, 0.2) is 35.3 Å². The summed E-state index contributed by atoms with van der Waals surface area (Å²) in [6.07, 6.45) is 1.23. The van der Waals surface area contributed by atoms with E-state index in [1.54, 1.807) is 26.4 Å². The van der Waals surface area contributed by atoms with E-state index in [4.69, 9.17) is 9.47 Å².